The van der Waals surface area contributed by atoms with E-state index in [1.807, 2.05) is 0 Å². The first-order valence-electron chi connectivity index (χ1n) is 6.76. The third-order valence-electron chi connectivity index (χ3n) is 3.17. The highest BCUT2D eigenvalue weighted by Gasteiger charge is 2.22. The Kier molecular flexibility index (Phi) is 8.96. The fourth-order valence-corrected chi connectivity index (χ4v) is 2.15. The monoisotopic (exact) mass is 229 g/mol. The van der Waals surface area contributed by atoms with Crippen LogP contribution in [0.3, 0.4) is 0 Å². The highest BCUT2D eigenvalue weighted by Crippen LogP contribution is 2.29. The van der Waals surface area contributed by atoms with Crippen LogP contribution in [0.2, 0.25) is 0 Å². The van der Waals surface area contributed by atoms with Crippen LogP contribution in [0, 0.1) is 5.41 Å². The van der Waals surface area contributed by atoms with Gasteiger partial charge in [-0.05, 0) is 24.7 Å². The topological polar surface area (TPSA) is 21.3 Å². The first-order valence-corrected chi connectivity index (χ1v) is 6.76. The van der Waals surface area contributed by atoms with Crippen LogP contribution in [-0.4, -0.2) is 26.3 Å². The molecule has 0 rings (SSSR count). The Morgan fingerprint density at radius 3 is 2.38 bits per heavy atom. The van der Waals surface area contributed by atoms with Gasteiger partial charge < -0.3 is 10.1 Å². The van der Waals surface area contributed by atoms with Crippen molar-refractivity contribution in [2.24, 2.45) is 5.41 Å². The van der Waals surface area contributed by atoms with Crippen molar-refractivity contribution in [3.05, 3.63) is 0 Å². The van der Waals surface area contributed by atoms with E-state index in [2.05, 4.69) is 33.0 Å². The van der Waals surface area contributed by atoms with Crippen molar-refractivity contribution < 1.29 is 4.74 Å². The fraction of sp³-hybridized carbons (Fsp3) is 1.00. The second kappa shape index (κ2) is 9.00. The average molecular weight is 229 g/mol. The molecule has 0 radical (unpaired) electrons. The summed E-state index contributed by atoms with van der Waals surface area (Å²) in [6.45, 7) is 11.2. The second-order valence-corrected chi connectivity index (χ2v) is 5.55. The minimum absolute atomic E-state index is 0.465. The number of rotatable bonds is 10. The SMILES string of the molecule is CCCC(C)(CCCCOC)CNC(C)C. The molecule has 0 aliphatic rings. The first kappa shape index (κ1) is 15.9. The van der Waals surface area contributed by atoms with Crippen molar-refractivity contribution >= 4 is 0 Å². The van der Waals surface area contributed by atoms with E-state index in [1.165, 1.54) is 32.1 Å². The van der Waals surface area contributed by atoms with Crippen LogP contribution < -0.4 is 5.32 Å². The number of hydrogen-bond acceptors (Lipinski definition) is 2. The number of methoxy groups -OCH3 is 1. The number of nitrogens with one attached hydrogen (secondary N) is 1. The summed E-state index contributed by atoms with van der Waals surface area (Å²) < 4.78 is 5.10. The molecule has 0 amide bonds. The molecule has 0 aromatic carbocycles. The molecule has 0 heterocycles. The summed E-state index contributed by atoms with van der Waals surface area (Å²) in [5, 5.41) is 3.58. The molecular formula is C14H31NO. The lowest BCUT2D eigenvalue weighted by Gasteiger charge is -2.31. The zero-order valence-electron chi connectivity index (χ0n) is 11.9. The van der Waals surface area contributed by atoms with Crippen molar-refractivity contribution in [1.29, 1.82) is 0 Å². The van der Waals surface area contributed by atoms with E-state index in [4.69, 9.17) is 4.74 Å². The molecule has 0 fully saturated rings. The van der Waals surface area contributed by atoms with Crippen molar-refractivity contribution in [2.75, 3.05) is 20.3 Å². The quantitative estimate of drug-likeness (QED) is 0.578. The summed E-state index contributed by atoms with van der Waals surface area (Å²) in [5.74, 6) is 0. The summed E-state index contributed by atoms with van der Waals surface area (Å²) >= 11 is 0. The molecule has 0 saturated heterocycles. The van der Waals surface area contributed by atoms with Crippen molar-refractivity contribution in [3.8, 4) is 0 Å². The Morgan fingerprint density at radius 1 is 1.19 bits per heavy atom. The second-order valence-electron chi connectivity index (χ2n) is 5.55. The number of ether oxygens (including phenoxy) is 1. The Bertz CT molecular complexity index is 159. The van der Waals surface area contributed by atoms with Crippen LogP contribution in [0.1, 0.15) is 59.8 Å². The maximum absolute atomic E-state index is 5.10. The highest BCUT2D eigenvalue weighted by atomic mass is 16.5. The molecule has 0 saturated carbocycles. The van der Waals surface area contributed by atoms with E-state index in [0.29, 0.717) is 11.5 Å². The zero-order valence-corrected chi connectivity index (χ0v) is 11.9. The largest absolute Gasteiger partial charge is 0.385 e. The number of hydrogen-bond donors (Lipinski definition) is 1. The first-order chi connectivity index (χ1) is 7.54. The normalized spacial score (nSPS) is 15.4. The van der Waals surface area contributed by atoms with Gasteiger partial charge in [0, 0.05) is 26.3 Å². The molecule has 0 aromatic heterocycles. The van der Waals surface area contributed by atoms with Crippen LogP contribution in [-0.2, 0) is 4.74 Å². The van der Waals surface area contributed by atoms with Gasteiger partial charge in [0.05, 0.1) is 0 Å². The molecule has 0 aliphatic carbocycles. The van der Waals surface area contributed by atoms with Crippen LogP contribution in [0.25, 0.3) is 0 Å². The molecule has 0 spiro atoms. The molecule has 16 heavy (non-hydrogen) atoms. The Morgan fingerprint density at radius 2 is 1.88 bits per heavy atom. The molecule has 2 heteroatoms. The molecular weight excluding hydrogens is 198 g/mol. The van der Waals surface area contributed by atoms with Crippen LogP contribution in [0.5, 0.6) is 0 Å². The summed E-state index contributed by atoms with van der Waals surface area (Å²) in [5.41, 5.74) is 0.465. The molecule has 2 nitrogen and oxygen atoms in total. The van der Waals surface area contributed by atoms with E-state index in [0.717, 1.165) is 13.2 Å². The van der Waals surface area contributed by atoms with Gasteiger partial charge in [0.1, 0.15) is 0 Å². The number of unbranched alkanes of at least 4 members (excludes halogenated alkanes) is 1. The van der Waals surface area contributed by atoms with Gasteiger partial charge in [-0.25, -0.2) is 0 Å². The van der Waals surface area contributed by atoms with E-state index in [9.17, 15) is 0 Å². The lowest BCUT2D eigenvalue weighted by molar-refractivity contribution is 0.179. The lowest BCUT2D eigenvalue weighted by atomic mass is 9.80. The molecule has 0 aliphatic heterocycles. The van der Waals surface area contributed by atoms with Gasteiger partial charge in [0.2, 0.25) is 0 Å². The van der Waals surface area contributed by atoms with Gasteiger partial charge in [-0.2, -0.15) is 0 Å². The van der Waals surface area contributed by atoms with Gasteiger partial charge in [0.15, 0.2) is 0 Å². The summed E-state index contributed by atoms with van der Waals surface area (Å²) in [6.07, 6.45) is 6.38. The lowest BCUT2D eigenvalue weighted by Crippen LogP contribution is -2.35. The van der Waals surface area contributed by atoms with Crippen LogP contribution >= 0.6 is 0 Å². The Labute approximate surface area is 102 Å². The molecule has 1 N–H and O–H groups in total. The van der Waals surface area contributed by atoms with Gasteiger partial charge in [0.25, 0.3) is 0 Å². The van der Waals surface area contributed by atoms with Gasteiger partial charge >= 0.3 is 0 Å². The zero-order chi connectivity index (χ0) is 12.4. The van der Waals surface area contributed by atoms with E-state index in [-0.39, 0.29) is 0 Å². The van der Waals surface area contributed by atoms with Crippen molar-refractivity contribution in [2.45, 2.75) is 65.8 Å². The third-order valence-corrected chi connectivity index (χ3v) is 3.17. The van der Waals surface area contributed by atoms with Crippen LogP contribution in [0.15, 0.2) is 0 Å². The van der Waals surface area contributed by atoms with Crippen LogP contribution in [0.4, 0.5) is 0 Å². The van der Waals surface area contributed by atoms with Gasteiger partial charge in [-0.15, -0.1) is 0 Å². The minimum Gasteiger partial charge on any atom is -0.385 e. The minimum atomic E-state index is 0.465. The summed E-state index contributed by atoms with van der Waals surface area (Å²) in [7, 11) is 1.78. The predicted octanol–water partition coefficient (Wildman–Crippen LogP) is 3.61. The van der Waals surface area contributed by atoms with Crippen molar-refractivity contribution in [3.63, 3.8) is 0 Å². The van der Waals surface area contributed by atoms with E-state index < -0.39 is 0 Å². The molecule has 0 aromatic rings. The third kappa shape index (κ3) is 8.12. The van der Waals surface area contributed by atoms with Gasteiger partial charge in [-0.3, -0.25) is 0 Å². The Balaban J connectivity index is 3.90. The summed E-state index contributed by atoms with van der Waals surface area (Å²) in [4.78, 5) is 0. The maximum Gasteiger partial charge on any atom is 0.0462 e. The maximum atomic E-state index is 5.10. The highest BCUT2D eigenvalue weighted by molar-refractivity contribution is 4.77. The van der Waals surface area contributed by atoms with Crippen molar-refractivity contribution in [1.82, 2.24) is 5.32 Å². The predicted molar refractivity (Wildman–Crippen MR) is 71.9 cm³/mol. The van der Waals surface area contributed by atoms with E-state index in [1.54, 1.807) is 7.11 Å². The summed E-state index contributed by atoms with van der Waals surface area (Å²) in [6, 6.07) is 0.593. The Hall–Kier alpha value is -0.0800. The molecule has 0 bridgehead atoms. The van der Waals surface area contributed by atoms with E-state index >= 15 is 0 Å². The molecule has 1 unspecified atom stereocenters. The standard InChI is InChI=1S/C14H31NO/c1-6-9-14(4,12-15-13(2)3)10-7-8-11-16-5/h13,15H,6-12H2,1-5H3. The average Bonchev–Trinajstić information content (AvgIpc) is 2.22. The molecule has 1 atom stereocenters. The smallest absolute Gasteiger partial charge is 0.0462 e. The van der Waals surface area contributed by atoms with Gasteiger partial charge in [-0.1, -0.05) is 40.5 Å². The molecule has 98 valence electrons. The fourth-order valence-electron chi connectivity index (χ4n) is 2.15.